The molecule has 0 aromatic carbocycles. The maximum absolute atomic E-state index is 12.2. The first-order valence-electron chi connectivity index (χ1n) is 8.00. The number of aliphatic hydroxyl groups is 1. The van der Waals surface area contributed by atoms with E-state index in [0.29, 0.717) is 25.6 Å². The van der Waals surface area contributed by atoms with E-state index < -0.39 is 6.10 Å². The Morgan fingerprint density at radius 3 is 2.45 bits per heavy atom. The van der Waals surface area contributed by atoms with E-state index in [1.165, 1.54) is 0 Å². The molecule has 0 spiro atoms. The summed E-state index contributed by atoms with van der Waals surface area (Å²) in [5.41, 5.74) is 0. The number of hydrogen-bond donors (Lipinski definition) is 2. The van der Waals surface area contributed by atoms with Crippen molar-refractivity contribution >= 4 is 17.5 Å². The lowest BCUT2D eigenvalue weighted by atomic mass is 9.99. The molecule has 0 radical (unpaired) electrons. The molecule has 1 unspecified atom stereocenters. The summed E-state index contributed by atoms with van der Waals surface area (Å²) >= 11 is 1.66. The first-order valence-corrected chi connectivity index (χ1v) is 9.16. The average molecular weight is 336 g/mol. The highest BCUT2D eigenvalue weighted by molar-refractivity contribution is 7.99. The molecule has 0 aromatic heterocycles. The van der Waals surface area contributed by atoms with E-state index in [2.05, 4.69) is 19.2 Å². The van der Waals surface area contributed by atoms with Crippen LogP contribution in [0.3, 0.4) is 0 Å². The van der Waals surface area contributed by atoms with Crippen LogP contribution in [0.4, 0.5) is 0 Å². The normalized spacial score (nSPS) is 14.5. The number of methoxy groups -OCH3 is 1. The molecule has 132 valence electrons. The number of thioether (sulfide) groups is 1. The van der Waals surface area contributed by atoms with E-state index in [-0.39, 0.29) is 23.8 Å². The number of hydrogen-bond acceptors (Lipinski definition) is 6. The lowest BCUT2D eigenvalue weighted by molar-refractivity contribution is -0.124. The molecule has 0 aliphatic rings. The number of carbonyl (C=O) groups excluding carboxylic acids is 1. The number of nitrogens with one attached hydrogen (secondary N) is 1. The van der Waals surface area contributed by atoms with Crippen LogP contribution in [0.15, 0.2) is 0 Å². The van der Waals surface area contributed by atoms with Crippen LogP contribution in [0.25, 0.3) is 0 Å². The van der Waals surface area contributed by atoms with E-state index in [0.717, 1.165) is 12.2 Å². The third-order valence-electron chi connectivity index (χ3n) is 3.05. The van der Waals surface area contributed by atoms with Crippen molar-refractivity contribution in [1.82, 2.24) is 5.32 Å². The van der Waals surface area contributed by atoms with Gasteiger partial charge in [0.1, 0.15) is 0 Å². The van der Waals surface area contributed by atoms with E-state index in [9.17, 15) is 9.90 Å². The SMILES string of the molecule is COCCOCC(O)CSCC[C@H](NC(C)C)C(=O)C(C)C. The Hall–Kier alpha value is -0.140. The van der Waals surface area contributed by atoms with Crippen molar-refractivity contribution in [3.63, 3.8) is 0 Å². The maximum Gasteiger partial charge on any atom is 0.152 e. The molecule has 0 aliphatic carbocycles. The van der Waals surface area contributed by atoms with Crippen molar-refractivity contribution in [3.05, 3.63) is 0 Å². The number of Topliss-reactive ketones (excluding diaryl/α,β-unsaturated/α-hetero) is 1. The van der Waals surface area contributed by atoms with Gasteiger partial charge in [0, 0.05) is 24.8 Å². The van der Waals surface area contributed by atoms with Gasteiger partial charge < -0.3 is 19.9 Å². The van der Waals surface area contributed by atoms with E-state index in [4.69, 9.17) is 9.47 Å². The third-order valence-corrected chi connectivity index (χ3v) is 4.19. The van der Waals surface area contributed by atoms with Crippen LogP contribution in [0.5, 0.6) is 0 Å². The summed E-state index contributed by atoms with van der Waals surface area (Å²) in [5.74, 6) is 1.77. The van der Waals surface area contributed by atoms with Crippen LogP contribution in [0.2, 0.25) is 0 Å². The van der Waals surface area contributed by atoms with Crippen molar-refractivity contribution in [2.75, 3.05) is 38.4 Å². The zero-order chi connectivity index (χ0) is 17.0. The standard InChI is InChI=1S/C16H33NO4S/c1-12(2)16(19)15(17-13(3)4)6-9-22-11-14(18)10-21-8-7-20-5/h12-15,17-18H,6-11H2,1-5H3/t14?,15-/m0/s1. The highest BCUT2D eigenvalue weighted by Gasteiger charge is 2.21. The van der Waals surface area contributed by atoms with Crippen LogP contribution in [-0.2, 0) is 14.3 Å². The molecule has 0 saturated carbocycles. The molecule has 5 nitrogen and oxygen atoms in total. The first-order chi connectivity index (χ1) is 10.4. The molecule has 0 aromatic rings. The monoisotopic (exact) mass is 335 g/mol. The Kier molecular flexibility index (Phi) is 13.2. The van der Waals surface area contributed by atoms with Crippen LogP contribution < -0.4 is 5.32 Å². The molecule has 2 N–H and O–H groups in total. The zero-order valence-corrected chi connectivity index (χ0v) is 15.4. The molecule has 22 heavy (non-hydrogen) atoms. The molecule has 0 amide bonds. The second-order valence-corrected chi connectivity index (χ2v) is 7.17. The fraction of sp³-hybridized carbons (Fsp3) is 0.938. The Balaban J connectivity index is 3.90. The highest BCUT2D eigenvalue weighted by Crippen LogP contribution is 2.11. The van der Waals surface area contributed by atoms with Crippen molar-refractivity contribution < 1.29 is 19.4 Å². The summed E-state index contributed by atoms with van der Waals surface area (Å²) in [6, 6.07) is 0.195. The number of rotatable bonds is 14. The summed E-state index contributed by atoms with van der Waals surface area (Å²) in [6.07, 6.45) is 0.316. The van der Waals surface area contributed by atoms with Crippen molar-refractivity contribution in [1.29, 1.82) is 0 Å². The number of aliphatic hydroxyl groups excluding tert-OH is 1. The first kappa shape index (κ1) is 21.9. The van der Waals surface area contributed by atoms with Gasteiger partial charge in [-0.05, 0) is 12.2 Å². The summed E-state index contributed by atoms with van der Waals surface area (Å²) in [7, 11) is 1.62. The fourth-order valence-corrected chi connectivity index (χ4v) is 2.88. The van der Waals surface area contributed by atoms with Gasteiger partial charge in [-0.25, -0.2) is 0 Å². The van der Waals surface area contributed by atoms with Crippen LogP contribution in [0.1, 0.15) is 34.1 Å². The lowest BCUT2D eigenvalue weighted by Gasteiger charge is -2.22. The molecular weight excluding hydrogens is 302 g/mol. The minimum absolute atomic E-state index is 0.0426. The predicted octanol–water partition coefficient (Wildman–Crippen LogP) is 1.73. The molecule has 2 atom stereocenters. The second-order valence-electron chi connectivity index (χ2n) is 6.02. The van der Waals surface area contributed by atoms with Crippen molar-refractivity contribution in [2.45, 2.75) is 52.3 Å². The van der Waals surface area contributed by atoms with Crippen molar-refractivity contribution in [2.24, 2.45) is 5.92 Å². The van der Waals surface area contributed by atoms with Gasteiger partial charge >= 0.3 is 0 Å². The number of carbonyl (C=O) groups is 1. The summed E-state index contributed by atoms with van der Waals surface area (Å²) < 4.78 is 10.2. The van der Waals surface area contributed by atoms with Gasteiger partial charge in [0.15, 0.2) is 5.78 Å². The molecule has 6 heteroatoms. The molecule has 0 bridgehead atoms. The van der Waals surface area contributed by atoms with Crippen LogP contribution in [0, 0.1) is 5.92 Å². The van der Waals surface area contributed by atoms with Crippen LogP contribution >= 0.6 is 11.8 Å². The Labute approximate surface area is 139 Å². The minimum Gasteiger partial charge on any atom is -0.390 e. The van der Waals surface area contributed by atoms with Gasteiger partial charge in [-0.1, -0.05) is 27.7 Å². The summed E-state index contributed by atoms with van der Waals surface area (Å²) in [5, 5.41) is 13.1. The maximum atomic E-state index is 12.2. The Bertz CT molecular complexity index is 287. The molecule has 0 aliphatic heterocycles. The fourth-order valence-electron chi connectivity index (χ4n) is 1.94. The zero-order valence-electron chi connectivity index (χ0n) is 14.6. The molecule has 0 rings (SSSR count). The van der Waals surface area contributed by atoms with Gasteiger partial charge in [0.05, 0.1) is 32.0 Å². The lowest BCUT2D eigenvalue weighted by Crippen LogP contribution is -2.43. The molecule has 0 fully saturated rings. The minimum atomic E-state index is -0.473. The van der Waals surface area contributed by atoms with E-state index in [1.54, 1.807) is 18.9 Å². The smallest absolute Gasteiger partial charge is 0.152 e. The van der Waals surface area contributed by atoms with Gasteiger partial charge in [-0.2, -0.15) is 11.8 Å². The molecule has 0 saturated heterocycles. The van der Waals surface area contributed by atoms with Crippen LogP contribution in [-0.4, -0.2) is 67.5 Å². The largest absolute Gasteiger partial charge is 0.390 e. The predicted molar refractivity (Wildman–Crippen MR) is 92.5 cm³/mol. The van der Waals surface area contributed by atoms with Gasteiger partial charge in [-0.15, -0.1) is 0 Å². The second kappa shape index (κ2) is 13.3. The molecule has 0 heterocycles. The third kappa shape index (κ3) is 11.4. The summed E-state index contributed by atoms with van der Waals surface area (Å²) in [6.45, 7) is 9.34. The highest BCUT2D eigenvalue weighted by atomic mass is 32.2. The number of ether oxygens (including phenoxy) is 2. The molecular formula is C16H33NO4S. The average Bonchev–Trinajstić information content (AvgIpc) is 2.45. The Morgan fingerprint density at radius 2 is 1.91 bits per heavy atom. The van der Waals surface area contributed by atoms with Gasteiger partial charge in [0.25, 0.3) is 0 Å². The number of ketones is 1. The summed E-state index contributed by atoms with van der Waals surface area (Å²) in [4.78, 5) is 12.2. The topological polar surface area (TPSA) is 67.8 Å². The quantitative estimate of drug-likeness (QED) is 0.471. The Morgan fingerprint density at radius 1 is 1.23 bits per heavy atom. The van der Waals surface area contributed by atoms with Gasteiger partial charge in [-0.3, -0.25) is 4.79 Å². The van der Waals surface area contributed by atoms with Gasteiger partial charge in [0.2, 0.25) is 0 Å². The van der Waals surface area contributed by atoms with E-state index in [1.807, 2.05) is 13.8 Å². The van der Waals surface area contributed by atoms with Crippen molar-refractivity contribution in [3.8, 4) is 0 Å². The van der Waals surface area contributed by atoms with E-state index >= 15 is 0 Å².